The van der Waals surface area contributed by atoms with Crippen molar-refractivity contribution in [2.75, 3.05) is 24.7 Å². The zero-order valence-electron chi connectivity index (χ0n) is 26.2. The van der Waals surface area contributed by atoms with E-state index in [2.05, 4.69) is 15.3 Å². The highest BCUT2D eigenvalue weighted by atomic mass is 32.2. The molecule has 1 fully saturated rings. The summed E-state index contributed by atoms with van der Waals surface area (Å²) < 4.78 is 106. The fourth-order valence-electron chi connectivity index (χ4n) is 6.02. The van der Waals surface area contributed by atoms with Gasteiger partial charge in [0.2, 0.25) is 10.0 Å². The highest BCUT2D eigenvalue weighted by molar-refractivity contribution is 7.88. The summed E-state index contributed by atoms with van der Waals surface area (Å²) in [5.41, 5.74) is -2.70. The van der Waals surface area contributed by atoms with Crippen molar-refractivity contribution in [3.05, 3.63) is 89.0 Å². The molecule has 10 nitrogen and oxygen atoms in total. The standard InChI is InChI=1S/C33H30F6N4O6S/c1-50(47,48)43-13-11-25(12-14-43)30(45,29(44)41-26-10-9-24(19-40)27(16-26)32(34,35)36)17-20-3-2-4-23(15-20)21-5-7-22(8-6-21)28-18-31(46,49-42-28)33(37,38)39/h2-10,15-16,25,45-46H,11-14,17-18H2,1H3,(H,41,44). The maximum atomic E-state index is 13.8. The molecule has 0 spiro atoms. The smallest absolute Gasteiger partial charge is 0.379 e. The topological polar surface area (TPSA) is 152 Å². The first-order valence-corrected chi connectivity index (χ1v) is 16.9. The van der Waals surface area contributed by atoms with Crippen LogP contribution in [0.4, 0.5) is 32.0 Å². The van der Waals surface area contributed by atoms with Crippen LogP contribution in [0.3, 0.4) is 0 Å². The minimum Gasteiger partial charge on any atom is -0.379 e. The van der Waals surface area contributed by atoms with E-state index in [1.54, 1.807) is 36.4 Å². The van der Waals surface area contributed by atoms with Crippen LogP contribution in [0, 0.1) is 17.2 Å². The maximum absolute atomic E-state index is 13.8. The van der Waals surface area contributed by atoms with E-state index < -0.39 is 63.1 Å². The number of hydrogen-bond acceptors (Lipinski definition) is 8. The molecule has 2 unspecified atom stereocenters. The van der Waals surface area contributed by atoms with Gasteiger partial charge in [0.15, 0.2) is 0 Å². The number of alkyl halides is 6. The van der Waals surface area contributed by atoms with Gasteiger partial charge in [0.25, 0.3) is 5.91 Å². The first-order valence-electron chi connectivity index (χ1n) is 15.1. The van der Waals surface area contributed by atoms with Crippen molar-refractivity contribution in [3.63, 3.8) is 0 Å². The summed E-state index contributed by atoms with van der Waals surface area (Å²) in [5.74, 6) is -5.27. The van der Waals surface area contributed by atoms with E-state index in [9.17, 15) is 49.8 Å². The predicted molar refractivity (Wildman–Crippen MR) is 168 cm³/mol. The molecule has 3 aromatic carbocycles. The van der Waals surface area contributed by atoms with E-state index in [1.807, 2.05) is 0 Å². The van der Waals surface area contributed by atoms with Gasteiger partial charge in [-0.05, 0) is 59.2 Å². The van der Waals surface area contributed by atoms with Crippen molar-refractivity contribution >= 4 is 27.3 Å². The molecule has 2 aliphatic rings. The third-order valence-electron chi connectivity index (χ3n) is 8.80. The van der Waals surface area contributed by atoms with E-state index in [1.165, 1.54) is 22.5 Å². The van der Waals surface area contributed by atoms with Crippen LogP contribution in [0.5, 0.6) is 0 Å². The number of nitriles is 1. The maximum Gasteiger partial charge on any atom is 0.458 e. The molecule has 50 heavy (non-hydrogen) atoms. The molecule has 2 atom stereocenters. The number of amides is 1. The van der Waals surface area contributed by atoms with Crippen LogP contribution in [0.1, 0.15) is 41.5 Å². The summed E-state index contributed by atoms with van der Waals surface area (Å²) in [6.45, 7) is -0.00542. The Morgan fingerprint density at radius 2 is 1.66 bits per heavy atom. The van der Waals surface area contributed by atoms with Crippen molar-refractivity contribution < 1.29 is 54.6 Å². The molecular formula is C33H30F6N4O6S. The first-order chi connectivity index (χ1) is 23.2. The minimum absolute atomic E-state index is 0.00271. The zero-order chi connectivity index (χ0) is 36.7. The molecule has 0 saturated carbocycles. The molecule has 0 radical (unpaired) electrons. The van der Waals surface area contributed by atoms with Gasteiger partial charge in [-0.1, -0.05) is 53.7 Å². The lowest BCUT2D eigenvalue weighted by Gasteiger charge is -2.40. The normalized spacial score (nSPS) is 20.4. The number of carbonyl (C=O) groups is 1. The number of carbonyl (C=O) groups excluding carboxylic acids is 1. The number of piperidine rings is 1. The van der Waals surface area contributed by atoms with Gasteiger partial charge in [0.1, 0.15) is 5.60 Å². The molecule has 3 N–H and O–H groups in total. The molecule has 1 saturated heterocycles. The Morgan fingerprint density at radius 3 is 2.22 bits per heavy atom. The molecule has 266 valence electrons. The van der Waals surface area contributed by atoms with Crippen molar-refractivity contribution in [3.8, 4) is 17.2 Å². The third-order valence-corrected chi connectivity index (χ3v) is 10.1. The van der Waals surface area contributed by atoms with E-state index >= 15 is 0 Å². The van der Waals surface area contributed by atoms with Gasteiger partial charge in [0.05, 0.1) is 35.6 Å². The third kappa shape index (κ3) is 7.63. The Bertz CT molecular complexity index is 1950. The Hall–Kier alpha value is -4.50. The van der Waals surface area contributed by atoms with Crippen LogP contribution in [-0.2, 0) is 32.3 Å². The Labute approximate surface area is 282 Å². The lowest BCUT2D eigenvalue weighted by atomic mass is 9.76. The number of nitrogens with zero attached hydrogens (tertiary/aromatic N) is 3. The average molecular weight is 725 g/mol. The number of hydrogen-bond donors (Lipinski definition) is 3. The van der Waals surface area contributed by atoms with Crippen LogP contribution < -0.4 is 5.32 Å². The van der Waals surface area contributed by atoms with Crippen molar-refractivity contribution in [2.45, 2.75) is 49.4 Å². The molecule has 2 aliphatic heterocycles. The molecule has 3 aromatic rings. The second-order valence-electron chi connectivity index (χ2n) is 12.2. The molecular weight excluding hydrogens is 694 g/mol. The van der Waals surface area contributed by atoms with Gasteiger partial charge in [-0.25, -0.2) is 12.7 Å². The second kappa shape index (κ2) is 13.3. The number of rotatable bonds is 8. The lowest BCUT2D eigenvalue weighted by molar-refractivity contribution is -0.355. The second-order valence-corrected chi connectivity index (χ2v) is 14.2. The Kier molecular flexibility index (Phi) is 9.80. The van der Waals surface area contributed by atoms with E-state index in [0.29, 0.717) is 22.8 Å². The minimum atomic E-state index is -5.06. The van der Waals surface area contributed by atoms with E-state index in [0.717, 1.165) is 18.4 Å². The van der Waals surface area contributed by atoms with Gasteiger partial charge in [-0.15, -0.1) is 0 Å². The number of oxime groups is 1. The summed E-state index contributed by atoms with van der Waals surface area (Å²) in [7, 11) is -3.56. The van der Waals surface area contributed by atoms with Crippen LogP contribution >= 0.6 is 0 Å². The first kappa shape index (κ1) is 36.8. The van der Waals surface area contributed by atoms with Gasteiger partial charge < -0.3 is 20.4 Å². The van der Waals surface area contributed by atoms with Crippen LogP contribution in [0.15, 0.2) is 71.9 Å². The van der Waals surface area contributed by atoms with E-state index in [-0.39, 0.29) is 49.3 Å². The van der Waals surface area contributed by atoms with Crippen molar-refractivity contribution in [2.24, 2.45) is 11.1 Å². The molecule has 17 heteroatoms. The molecule has 1 amide bonds. The number of sulfonamides is 1. The van der Waals surface area contributed by atoms with Gasteiger partial charge >= 0.3 is 18.1 Å². The van der Waals surface area contributed by atoms with Crippen LogP contribution in [0.2, 0.25) is 0 Å². The fraction of sp³-hybridized carbons (Fsp3) is 0.364. The number of benzene rings is 3. The van der Waals surface area contributed by atoms with Gasteiger partial charge in [-0.2, -0.15) is 31.6 Å². The van der Waals surface area contributed by atoms with Crippen molar-refractivity contribution in [1.29, 1.82) is 5.26 Å². The number of anilines is 1. The zero-order valence-corrected chi connectivity index (χ0v) is 27.0. The molecule has 2 heterocycles. The molecule has 0 bridgehead atoms. The highest BCUT2D eigenvalue weighted by Crippen LogP contribution is 2.40. The predicted octanol–water partition coefficient (Wildman–Crippen LogP) is 5.20. The Balaban J connectivity index is 1.41. The summed E-state index contributed by atoms with van der Waals surface area (Å²) in [4.78, 5) is 18.1. The summed E-state index contributed by atoms with van der Waals surface area (Å²) >= 11 is 0. The summed E-state index contributed by atoms with van der Waals surface area (Å²) in [6, 6.07) is 16.8. The van der Waals surface area contributed by atoms with E-state index in [4.69, 9.17) is 5.26 Å². The van der Waals surface area contributed by atoms with Crippen molar-refractivity contribution in [1.82, 2.24) is 4.31 Å². The lowest BCUT2D eigenvalue weighted by Crippen LogP contribution is -2.54. The van der Waals surface area contributed by atoms with Gasteiger partial charge in [-0.3, -0.25) is 4.79 Å². The van der Waals surface area contributed by atoms with Crippen LogP contribution in [-0.4, -0.2) is 71.5 Å². The number of aliphatic hydroxyl groups is 2. The molecule has 0 aliphatic carbocycles. The summed E-state index contributed by atoms with van der Waals surface area (Å²) in [6.07, 6.45) is -10.0. The molecule has 0 aromatic heterocycles. The monoisotopic (exact) mass is 724 g/mol. The number of nitrogens with one attached hydrogen (secondary N) is 1. The summed E-state index contributed by atoms with van der Waals surface area (Å²) in [5, 5.41) is 36.7. The van der Waals surface area contributed by atoms with Crippen LogP contribution in [0.25, 0.3) is 11.1 Å². The fourth-order valence-corrected chi connectivity index (χ4v) is 6.90. The Morgan fingerprint density at radius 1 is 1.02 bits per heavy atom. The van der Waals surface area contributed by atoms with Gasteiger partial charge in [0, 0.05) is 25.2 Å². The highest BCUT2D eigenvalue weighted by Gasteiger charge is 2.60. The largest absolute Gasteiger partial charge is 0.458 e. The SMILES string of the molecule is CS(=O)(=O)N1CCC(C(O)(Cc2cccc(-c3ccc(C4=NOC(O)(C(F)(F)F)C4)cc3)c2)C(=O)Nc2ccc(C#N)c(C(F)(F)F)c2)CC1. The quantitative estimate of drug-likeness (QED) is 0.270. The average Bonchev–Trinajstić information content (AvgIpc) is 3.47. The molecule has 5 rings (SSSR count). The number of halogens is 6.